The number of methoxy groups -OCH3 is 2. The summed E-state index contributed by atoms with van der Waals surface area (Å²) in [5.74, 6) is 1.33. The molecular formula is C25H27N3O4S. The van der Waals surface area contributed by atoms with Gasteiger partial charge in [0.05, 0.1) is 20.3 Å². The molecule has 8 heteroatoms. The number of hydrogen-bond acceptors (Lipinski definition) is 5. The molecule has 2 heterocycles. The zero-order chi connectivity index (χ0) is 23.2. The molecule has 33 heavy (non-hydrogen) atoms. The van der Waals surface area contributed by atoms with Gasteiger partial charge in [-0.1, -0.05) is 24.3 Å². The van der Waals surface area contributed by atoms with E-state index >= 15 is 0 Å². The SMILES string of the molecule is COc1cc2c(cc1OC)C(c1cccs1)N(C(=O)CCNC(=O)Nc1ccccc1)CC2. The molecule has 2 N–H and O–H groups in total. The summed E-state index contributed by atoms with van der Waals surface area (Å²) in [5.41, 5.74) is 2.90. The lowest BCUT2D eigenvalue weighted by Gasteiger charge is -2.37. The van der Waals surface area contributed by atoms with Crippen LogP contribution in [-0.4, -0.2) is 44.1 Å². The van der Waals surface area contributed by atoms with E-state index in [-0.39, 0.29) is 30.9 Å². The highest BCUT2D eigenvalue weighted by atomic mass is 32.1. The molecular weight excluding hydrogens is 438 g/mol. The first-order chi connectivity index (χ1) is 16.1. The predicted molar refractivity (Wildman–Crippen MR) is 129 cm³/mol. The van der Waals surface area contributed by atoms with Crippen molar-refractivity contribution in [3.05, 3.63) is 76.0 Å². The van der Waals surface area contributed by atoms with Crippen LogP contribution in [0, 0.1) is 0 Å². The molecule has 0 radical (unpaired) electrons. The molecule has 1 atom stereocenters. The van der Waals surface area contributed by atoms with Crippen LogP contribution in [0.25, 0.3) is 0 Å². The molecule has 0 saturated carbocycles. The number of hydrogen-bond donors (Lipinski definition) is 2. The van der Waals surface area contributed by atoms with E-state index in [4.69, 9.17) is 9.47 Å². The highest BCUT2D eigenvalue weighted by molar-refractivity contribution is 7.10. The van der Waals surface area contributed by atoms with Crippen molar-refractivity contribution in [2.24, 2.45) is 0 Å². The fourth-order valence-corrected chi connectivity index (χ4v) is 4.95. The lowest BCUT2D eigenvalue weighted by atomic mass is 9.90. The zero-order valence-electron chi connectivity index (χ0n) is 18.7. The quantitative estimate of drug-likeness (QED) is 0.540. The van der Waals surface area contributed by atoms with E-state index in [2.05, 4.69) is 10.6 Å². The largest absolute Gasteiger partial charge is 0.493 e. The van der Waals surface area contributed by atoms with Gasteiger partial charge in [0.1, 0.15) is 0 Å². The summed E-state index contributed by atoms with van der Waals surface area (Å²) in [6.07, 6.45) is 0.942. The molecule has 4 rings (SSSR count). The van der Waals surface area contributed by atoms with Crippen LogP contribution in [0.15, 0.2) is 60.0 Å². The molecule has 3 aromatic rings. The number of nitrogens with zero attached hydrogens (tertiary/aromatic N) is 1. The van der Waals surface area contributed by atoms with Crippen LogP contribution in [0.2, 0.25) is 0 Å². The molecule has 0 fully saturated rings. The average Bonchev–Trinajstić information content (AvgIpc) is 3.37. The summed E-state index contributed by atoms with van der Waals surface area (Å²) in [5, 5.41) is 7.55. The van der Waals surface area contributed by atoms with Gasteiger partial charge in [0, 0.05) is 30.1 Å². The second-order valence-corrected chi connectivity index (χ2v) is 8.64. The second-order valence-electron chi connectivity index (χ2n) is 7.66. The maximum atomic E-state index is 13.2. The van der Waals surface area contributed by atoms with Gasteiger partial charge in [0.25, 0.3) is 0 Å². The molecule has 2 aromatic carbocycles. The van der Waals surface area contributed by atoms with Gasteiger partial charge in [0.2, 0.25) is 5.91 Å². The smallest absolute Gasteiger partial charge is 0.319 e. The van der Waals surface area contributed by atoms with E-state index in [9.17, 15) is 9.59 Å². The van der Waals surface area contributed by atoms with Crippen molar-refractivity contribution in [1.29, 1.82) is 0 Å². The number of thiophene rings is 1. The monoisotopic (exact) mass is 465 g/mol. The molecule has 3 amide bonds. The Morgan fingerprint density at radius 1 is 1.06 bits per heavy atom. The molecule has 1 aromatic heterocycles. The Labute approximate surface area is 197 Å². The van der Waals surface area contributed by atoms with Crippen LogP contribution in [0.3, 0.4) is 0 Å². The van der Waals surface area contributed by atoms with Crippen LogP contribution < -0.4 is 20.1 Å². The standard InChI is InChI=1S/C25H27N3O4S/c1-31-20-15-17-11-13-28(24(22-9-6-14-33-22)19(17)16-21(20)32-2)23(29)10-12-26-25(30)27-18-7-4-3-5-8-18/h3-9,14-16,24H,10-13H2,1-2H3,(H2,26,27,30). The molecule has 0 saturated heterocycles. The van der Waals surface area contributed by atoms with Gasteiger partial charge in [-0.25, -0.2) is 4.79 Å². The molecule has 7 nitrogen and oxygen atoms in total. The van der Waals surface area contributed by atoms with E-state index in [0.29, 0.717) is 23.7 Å². The number of nitrogens with one attached hydrogen (secondary N) is 2. The summed E-state index contributed by atoms with van der Waals surface area (Å²) in [6.45, 7) is 0.851. The normalized spacial score (nSPS) is 14.8. The Bertz CT molecular complexity index is 1100. The zero-order valence-corrected chi connectivity index (χ0v) is 19.5. The second kappa shape index (κ2) is 10.4. The molecule has 0 spiro atoms. The Hall–Kier alpha value is -3.52. The summed E-state index contributed by atoms with van der Waals surface area (Å²) in [6, 6.07) is 16.7. The van der Waals surface area contributed by atoms with Gasteiger partial charge in [-0.3, -0.25) is 4.79 Å². The van der Waals surface area contributed by atoms with Gasteiger partial charge in [-0.05, 0) is 53.3 Å². The first kappa shape index (κ1) is 22.7. The number of ether oxygens (including phenoxy) is 2. The maximum absolute atomic E-state index is 13.2. The number of fused-ring (bicyclic) bond motifs is 1. The minimum absolute atomic E-state index is 0.00570. The van der Waals surface area contributed by atoms with E-state index < -0.39 is 0 Å². The Morgan fingerprint density at radius 3 is 2.52 bits per heavy atom. The van der Waals surface area contributed by atoms with Gasteiger partial charge in [-0.15, -0.1) is 11.3 Å². The van der Waals surface area contributed by atoms with Crippen LogP contribution >= 0.6 is 11.3 Å². The Balaban J connectivity index is 1.47. The van der Waals surface area contributed by atoms with Crippen molar-refractivity contribution >= 4 is 29.0 Å². The third-order valence-electron chi connectivity index (χ3n) is 5.66. The van der Waals surface area contributed by atoms with Gasteiger partial charge < -0.3 is 25.0 Å². The lowest BCUT2D eigenvalue weighted by molar-refractivity contribution is -0.133. The maximum Gasteiger partial charge on any atom is 0.319 e. The number of rotatable bonds is 7. The number of benzene rings is 2. The highest BCUT2D eigenvalue weighted by Gasteiger charge is 2.33. The van der Waals surface area contributed by atoms with E-state index in [0.717, 1.165) is 22.4 Å². The number of urea groups is 1. The molecule has 0 bridgehead atoms. The number of anilines is 1. The van der Waals surface area contributed by atoms with Gasteiger partial charge in [-0.2, -0.15) is 0 Å². The molecule has 172 valence electrons. The molecule has 1 unspecified atom stereocenters. The number of carbonyl (C=O) groups is 2. The van der Waals surface area contributed by atoms with Gasteiger partial charge in [0.15, 0.2) is 11.5 Å². The summed E-state index contributed by atoms with van der Waals surface area (Å²) < 4.78 is 11.0. The topological polar surface area (TPSA) is 79.9 Å². The number of amides is 3. The van der Waals surface area contributed by atoms with Crippen LogP contribution in [0.5, 0.6) is 11.5 Å². The fraction of sp³-hybridized carbons (Fsp3) is 0.280. The van der Waals surface area contributed by atoms with Crippen molar-refractivity contribution in [3.8, 4) is 11.5 Å². The first-order valence-electron chi connectivity index (χ1n) is 10.8. The first-order valence-corrected chi connectivity index (χ1v) is 11.7. The predicted octanol–water partition coefficient (Wildman–Crippen LogP) is 4.45. The summed E-state index contributed by atoms with van der Waals surface area (Å²) >= 11 is 1.62. The summed E-state index contributed by atoms with van der Waals surface area (Å²) in [7, 11) is 3.24. The van der Waals surface area contributed by atoms with E-state index in [1.807, 2.05) is 64.9 Å². The molecule has 1 aliphatic heterocycles. The molecule has 0 aliphatic carbocycles. The van der Waals surface area contributed by atoms with Crippen molar-refractivity contribution in [1.82, 2.24) is 10.2 Å². The average molecular weight is 466 g/mol. The Morgan fingerprint density at radius 2 is 1.82 bits per heavy atom. The van der Waals surface area contributed by atoms with E-state index in [1.54, 1.807) is 25.6 Å². The number of carbonyl (C=O) groups excluding carboxylic acids is 2. The van der Waals surface area contributed by atoms with Crippen LogP contribution in [-0.2, 0) is 11.2 Å². The van der Waals surface area contributed by atoms with Gasteiger partial charge >= 0.3 is 6.03 Å². The van der Waals surface area contributed by atoms with Crippen molar-refractivity contribution in [2.75, 3.05) is 32.6 Å². The third-order valence-corrected chi connectivity index (χ3v) is 6.59. The summed E-state index contributed by atoms with van der Waals surface area (Å²) in [4.78, 5) is 28.4. The minimum Gasteiger partial charge on any atom is -0.493 e. The van der Waals surface area contributed by atoms with Crippen LogP contribution in [0.4, 0.5) is 10.5 Å². The minimum atomic E-state index is -0.329. The van der Waals surface area contributed by atoms with Crippen molar-refractivity contribution in [2.45, 2.75) is 18.9 Å². The third kappa shape index (κ3) is 5.12. The van der Waals surface area contributed by atoms with Crippen LogP contribution in [0.1, 0.15) is 28.5 Å². The molecule has 1 aliphatic rings. The number of para-hydroxylation sites is 1. The van der Waals surface area contributed by atoms with Crippen molar-refractivity contribution < 1.29 is 19.1 Å². The fourth-order valence-electron chi connectivity index (χ4n) is 4.09. The lowest BCUT2D eigenvalue weighted by Crippen LogP contribution is -2.42. The van der Waals surface area contributed by atoms with E-state index in [1.165, 1.54) is 0 Å². The Kier molecular flexibility index (Phi) is 7.14. The van der Waals surface area contributed by atoms with Crippen molar-refractivity contribution in [3.63, 3.8) is 0 Å². The highest BCUT2D eigenvalue weighted by Crippen LogP contribution is 2.42.